The second-order valence-corrected chi connectivity index (χ2v) is 4.76. The number of aromatic nitrogens is 2. The minimum atomic E-state index is -0.248. The minimum absolute atomic E-state index is 0. The van der Waals surface area contributed by atoms with Crippen LogP contribution in [0.1, 0.15) is 0 Å². The Kier molecular flexibility index (Phi) is 4.65. The smallest absolute Gasteiger partial charge is 0.187 e. The summed E-state index contributed by atoms with van der Waals surface area (Å²) in [4.78, 5) is 8.46. The zero-order valence-electron chi connectivity index (χ0n) is 10.3. The average Bonchev–Trinajstić information content (AvgIpc) is 2.91. The maximum absolute atomic E-state index is 12.8. The second-order valence-electron chi connectivity index (χ2n) is 3.91. The normalized spacial score (nSPS) is 9.85. The monoisotopic (exact) mass is 307 g/mol. The van der Waals surface area contributed by atoms with Gasteiger partial charge < -0.3 is 5.32 Å². The van der Waals surface area contributed by atoms with Gasteiger partial charge in [-0.1, -0.05) is 0 Å². The van der Waals surface area contributed by atoms with Crippen molar-refractivity contribution in [3.05, 3.63) is 60.0 Å². The zero-order valence-corrected chi connectivity index (χ0v) is 11.9. The summed E-state index contributed by atoms with van der Waals surface area (Å²) in [5, 5.41) is 5.90. The molecule has 0 amide bonds. The number of hydrogen-bond acceptors (Lipinski definition) is 4. The van der Waals surface area contributed by atoms with Gasteiger partial charge in [0.1, 0.15) is 5.82 Å². The van der Waals surface area contributed by atoms with E-state index in [4.69, 9.17) is 0 Å². The fourth-order valence-corrected chi connectivity index (χ4v) is 2.38. The zero-order chi connectivity index (χ0) is 13.1. The van der Waals surface area contributed by atoms with Gasteiger partial charge in [-0.15, -0.1) is 23.7 Å². The molecule has 20 heavy (non-hydrogen) atoms. The molecule has 0 aliphatic heterocycles. The van der Waals surface area contributed by atoms with E-state index in [0.717, 1.165) is 22.1 Å². The molecular weight excluding hydrogens is 297 g/mol. The molecule has 102 valence electrons. The molecule has 0 bridgehead atoms. The third-order valence-electron chi connectivity index (χ3n) is 2.58. The molecule has 0 saturated carbocycles. The minimum Gasteiger partial charge on any atom is -0.332 e. The lowest BCUT2D eigenvalue weighted by atomic mass is 10.2. The molecule has 0 aliphatic carbocycles. The molecule has 2 heterocycles. The molecule has 6 heteroatoms. The number of nitrogens with one attached hydrogen (secondary N) is 1. The van der Waals surface area contributed by atoms with E-state index in [-0.39, 0.29) is 18.2 Å². The van der Waals surface area contributed by atoms with Crippen LogP contribution in [0.4, 0.5) is 15.2 Å². The van der Waals surface area contributed by atoms with Crippen LogP contribution in [0.2, 0.25) is 0 Å². The average molecular weight is 308 g/mol. The number of halogens is 2. The van der Waals surface area contributed by atoms with Crippen LogP contribution in [-0.4, -0.2) is 9.97 Å². The van der Waals surface area contributed by atoms with Crippen molar-refractivity contribution in [1.82, 2.24) is 9.97 Å². The summed E-state index contributed by atoms with van der Waals surface area (Å²) in [7, 11) is 0. The fraction of sp³-hybridized carbons (Fsp3) is 0. The van der Waals surface area contributed by atoms with E-state index >= 15 is 0 Å². The molecule has 0 aliphatic rings. The summed E-state index contributed by atoms with van der Waals surface area (Å²) >= 11 is 1.51. The van der Waals surface area contributed by atoms with Gasteiger partial charge in [-0.2, -0.15) is 0 Å². The van der Waals surface area contributed by atoms with Crippen molar-refractivity contribution in [2.75, 3.05) is 5.32 Å². The van der Waals surface area contributed by atoms with Crippen LogP contribution in [0, 0.1) is 5.82 Å². The Bertz CT molecular complexity index is 670. The van der Waals surface area contributed by atoms with E-state index in [9.17, 15) is 4.39 Å². The lowest BCUT2D eigenvalue weighted by Crippen LogP contribution is -1.89. The van der Waals surface area contributed by atoms with Gasteiger partial charge in [0, 0.05) is 29.0 Å². The number of hydrogen-bond donors (Lipinski definition) is 1. The van der Waals surface area contributed by atoms with Crippen LogP contribution >= 0.6 is 23.7 Å². The van der Waals surface area contributed by atoms with Crippen LogP contribution in [-0.2, 0) is 0 Å². The number of nitrogens with zero attached hydrogens (tertiary/aromatic N) is 2. The molecule has 0 atom stereocenters. The Hall–Kier alpha value is -1.98. The molecule has 1 aromatic carbocycles. The van der Waals surface area contributed by atoms with Gasteiger partial charge in [0.2, 0.25) is 0 Å². The summed E-state index contributed by atoms with van der Waals surface area (Å²) in [5.41, 5.74) is 2.74. The Morgan fingerprint density at radius 1 is 1.00 bits per heavy atom. The lowest BCUT2D eigenvalue weighted by Gasteiger charge is -2.01. The first-order valence-electron chi connectivity index (χ1n) is 5.70. The predicted octanol–water partition coefficient (Wildman–Crippen LogP) is 4.51. The Morgan fingerprint density at radius 3 is 2.40 bits per heavy atom. The summed E-state index contributed by atoms with van der Waals surface area (Å²) in [5.74, 6) is -0.248. The Labute approximate surface area is 125 Å². The quantitative estimate of drug-likeness (QED) is 0.773. The van der Waals surface area contributed by atoms with E-state index in [1.54, 1.807) is 24.5 Å². The molecule has 1 N–H and O–H groups in total. The molecule has 0 unspecified atom stereocenters. The molecule has 2 aromatic heterocycles. The molecular formula is C14H11ClFN3S. The molecule has 0 radical (unpaired) electrons. The molecule has 3 nitrogen and oxygen atoms in total. The van der Waals surface area contributed by atoms with Crippen LogP contribution in [0.25, 0.3) is 11.3 Å². The SMILES string of the molecule is Cl.Fc1ccc(Nc2nc(-c3ccncc3)cs2)cc1. The largest absolute Gasteiger partial charge is 0.332 e. The highest BCUT2D eigenvalue weighted by Crippen LogP contribution is 2.26. The third kappa shape index (κ3) is 3.31. The third-order valence-corrected chi connectivity index (χ3v) is 3.33. The fourth-order valence-electron chi connectivity index (χ4n) is 1.64. The van der Waals surface area contributed by atoms with Gasteiger partial charge in [0.05, 0.1) is 5.69 Å². The van der Waals surface area contributed by atoms with Gasteiger partial charge in [-0.3, -0.25) is 4.98 Å². The first-order chi connectivity index (χ1) is 9.31. The van der Waals surface area contributed by atoms with Crippen molar-refractivity contribution in [1.29, 1.82) is 0 Å². The van der Waals surface area contributed by atoms with Crippen LogP contribution in [0.3, 0.4) is 0 Å². The van der Waals surface area contributed by atoms with E-state index < -0.39 is 0 Å². The maximum atomic E-state index is 12.8. The van der Waals surface area contributed by atoms with Gasteiger partial charge in [0.15, 0.2) is 5.13 Å². The van der Waals surface area contributed by atoms with Crippen molar-refractivity contribution >= 4 is 34.6 Å². The number of rotatable bonds is 3. The number of pyridine rings is 1. The maximum Gasteiger partial charge on any atom is 0.187 e. The van der Waals surface area contributed by atoms with Crippen molar-refractivity contribution in [3.8, 4) is 11.3 Å². The van der Waals surface area contributed by atoms with Crippen molar-refractivity contribution in [2.45, 2.75) is 0 Å². The van der Waals surface area contributed by atoms with Crippen LogP contribution < -0.4 is 5.32 Å². The van der Waals surface area contributed by atoms with Gasteiger partial charge >= 0.3 is 0 Å². The number of thiazole rings is 1. The van der Waals surface area contributed by atoms with Gasteiger partial charge in [-0.05, 0) is 36.4 Å². The predicted molar refractivity (Wildman–Crippen MR) is 82.3 cm³/mol. The Morgan fingerprint density at radius 2 is 1.70 bits per heavy atom. The molecule has 3 rings (SSSR count). The van der Waals surface area contributed by atoms with E-state index in [1.165, 1.54) is 23.5 Å². The van der Waals surface area contributed by atoms with E-state index in [1.807, 2.05) is 17.5 Å². The molecule has 3 aromatic rings. The number of anilines is 2. The number of benzene rings is 1. The van der Waals surface area contributed by atoms with Gasteiger partial charge in [-0.25, -0.2) is 9.37 Å². The Balaban J connectivity index is 0.00000147. The molecule has 0 fully saturated rings. The first kappa shape index (κ1) is 14.4. The standard InChI is InChI=1S/C14H10FN3S.ClH/c15-11-1-3-12(4-2-11)17-14-18-13(9-19-14)10-5-7-16-8-6-10;/h1-9H,(H,17,18);1H. The second kappa shape index (κ2) is 6.45. The summed E-state index contributed by atoms with van der Waals surface area (Å²) in [6, 6.07) is 10.0. The van der Waals surface area contributed by atoms with Crippen LogP contribution in [0.5, 0.6) is 0 Å². The van der Waals surface area contributed by atoms with Crippen molar-refractivity contribution < 1.29 is 4.39 Å². The summed E-state index contributed by atoms with van der Waals surface area (Å²) in [6.07, 6.45) is 3.48. The van der Waals surface area contributed by atoms with Crippen molar-refractivity contribution in [2.24, 2.45) is 0 Å². The highest BCUT2D eigenvalue weighted by Gasteiger charge is 2.04. The molecule has 0 saturated heterocycles. The highest BCUT2D eigenvalue weighted by atomic mass is 35.5. The lowest BCUT2D eigenvalue weighted by molar-refractivity contribution is 0.628. The van der Waals surface area contributed by atoms with Crippen LogP contribution in [0.15, 0.2) is 54.2 Å². The van der Waals surface area contributed by atoms with E-state index in [2.05, 4.69) is 15.3 Å². The first-order valence-corrected chi connectivity index (χ1v) is 6.58. The summed E-state index contributed by atoms with van der Waals surface area (Å²) in [6.45, 7) is 0. The molecule has 0 spiro atoms. The summed E-state index contributed by atoms with van der Waals surface area (Å²) < 4.78 is 12.8. The van der Waals surface area contributed by atoms with E-state index in [0.29, 0.717) is 0 Å². The van der Waals surface area contributed by atoms with Gasteiger partial charge in [0.25, 0.3) is 0 Å². The highest BCUT2D eigenvalue weighted by molar-refractivity contribution is 7.14. The topological polar surface area (TPSA) is 37.8 Å². The van der Waals surface area contributed by atoms with Crippen molar-refractivity contribution in [3.63, 3.8) is 0 Å².